The number of azo groups is 1. The normalized spacial score (nSPS) is 12.8. The van der Waals surface area contributed by atoms with Gasteiger partial charge in [0, 0.05) is 12.5 Å². The molecule has 3 amide bonds. The molecule has 11 nitrogen and oxygen atoms in total. The molecule has 0 radical (unpaired) electrons. The Bertz CT molecular complexity index is 1800. The molecule has 1 aliphatic heterocycles. The molecule has 42 heavy (non-hydrogen) atoms. The first-order valence-electron chi connectivity index (χ1n) is 12.9. The molecular formula is C31H28N4O7. The first-order valence-corrected chi connectivity index (χ1v) is 12.9. The number of rotatable bonds is 5. The van der Waals surface area contributed by atoms with Crippen LogP contribution in [0, 0.1) is 24.2 Å². The van der Waals surface area contributed by atoms with E-state index in [-0.39, 0.29) is 45.8 Å². The summed E-state index contributed by atoms with van der Waals surface area (Å²) in [7, 11) is 1.27. The summed E-state index contributed by atoms with van der Waals surface area (Å²) >= 11 is 0. The molecule has 0 saturated carbocycles. The van der Waals surface area contributed by atoms with Crippen LogP contribution in [0.5, 0.6) is 5.88 Å². The van der Waals surface area contributed by atoms with Gasteiger partial charge in [-0.1, -0.05) is 42.2 Å². The fourth-order valence-electron chi connectivity index (χ4n) is 4.23. The van der Waals surface area contributed by atoms with Crippen molar-refractivity contribution in [2.45, 2.75) is 41.2 Å². The number of amides is 3. The van der Waals surface area contributed by atoms with Crippen LogP contribution in [0.2, 0.25) is 0 Å². The highest BCUT2D eigenvalue weighted by Crippen LogP contribution is 2.36. The van der Waals surface area contributed by atoms with Gasteiger partial charge in [0.2, 0.25) is 5.88 Å². The Morgan fingerprint density at radius 2 is 1.62 bits per heavy atom. The molecule has 0 saturated heterocycles. The summed E-state index contributed by atoms with van der Waals surface area (Å²) in [6.07, 6.45) is -1.16. The lowest BCUT2D eigenvalue weighted by Crippen LogP contribution is -2.36. The van der Waals surface area contributed by atoms with Crippen molar-refractivity contribution in [3.8, 4) is 17.7 Å². The largest absolute Gasteiger partial charge is 0.494 e. The van der Waals surface area contributed by atoms with E-state index in [2.05, 4.69) is 22.1 Å². The fraction of sp³-hybridized carbons (Fsp3) is 0.258. The van der Waals surface area contributed by atoms with Crippen LogP contribution in [-0.2, 0) is 18.4 Å². The maximum absolute atomic E-state index is 13.5. The molecule has 0 unspecified atom stereocenters. The number of hydrogen-bond acceptors (Lipinski definition) is 9. The lowest BCUT2D eigenvalue weighted by molar-refractivity contribution is 0.0572. The molecule has 3 aromatic rings. The van der Waals surface area contributed by atoms with E-state index in [0.29, 0.717) is 10.5 Å². The minimum atomic E-state index is -1.16. The zero-order chi connectivity index (χ0) is 30.9. The highest BCUT2D eigenvalue weighted by Gasteiger charge is 2.43. The van der Waals surface area contributed by atoms with Crippen molar-refractivity contribution in [3.63, 3.8) is 0 Å². The smallest absolute Gasteiger partial charge is 0.424 e. The maximum Gasteiger partial charge on any atom is 0.424 e. The molecular weight excluding hydrogens is 540 g/mol. The predicted octanol–water partition coefficient (Wildman–Crippen LogP) is 5.35. The van der Waals surface area contributed by atoms with Gasteiger partial charge in [-0.25, -0.2) is 4.79 Å². The third kappa shape index (κ3) is 5.60. The second-order valence-corrected chi connectivity index (χ2v) is 10.7. The number of ketones is 1. The zero-order valence-electron chi connectivity index (χ0n) is 23.9. The third-order valence-corrected chi connectivity index (χ3v) is 6.37. The number of carbonyl (C=O) groups excluding carboxylic acids is 4. The van der Waals surface area contributed by atoms with Gasteiger partial charge in [-0.3, -0.25) is 23.7 Å². The molecule has 0 spiro atoms. The quantitative estimate of drug-likeness (QED) is 0.189. The Morgan fingerprint density at radius 1 is 0.976 bits per heavy atom. The number of nitrogens with zero attached hydrogens (tertiary/aromatic N) is 4. The van der Waals surface area contributed by atoms with Crippen molar-refractivity contribution in [1.29, 1.82) is 0 Å². The van der Waals surface area contributed by atoms with Crippen molar-refractivity contribution in [2.75, 3.05) is 0 Å². The number of ether oxygens (including phenoxy) is 1. The number of aromatic hydroxyl groups is 1. The van der Waals surface area contributed by atoms with E-state index in [1.807, 2.05) is 20.8 Å². The number of imide groups is 3. The molecule has 11 heteroatoms. The van der Waals surface area contributed by atoms with Crippen LogP contribution >= 0.6 is 0 Å². The summed E-state index contributed by atoms with van der Waals surface area (Å²) in [4.78, 5) is 65.1. The van der Waals surface area contributed by atoms with E-state index in [9.17, 15) is 29.1 Å². The Labute approximate surface area is 241 Å². The van der Waals surface area contributed by atoms with E-state index in [4.69, 9.17) is 4.74 Å². The molecule has 1 aliphatic rings. The van der Waals surface area contributed by atoms with Gasteiger partial charge in [0.25, 0.3) is 17.4 Å². The van der Waals surface area contributed by atoms with Crippen LogP contribution in [0.1, 0.15) is 75.5 Å². The molecule has 1 N–H and O–H groups in total. The number of carbonyl (C=O) groups is 4. The van der Waals surface area contributed by atoms with E-state index in [0.717, 1.165) is 4.57 Å². The van der Waals surface area contributed by atoms with Gasteiger partial charge in [-0.2, -0.15) is 4.90 Å². The number of pyridine rings is 1. The number of hydrogen-bond donors (Lipinski definition) is 1. The van der Waals surface area contributed by atoms with Gasteiger partial charge < -0.3 is 9.84 Å². The first-order chi connectivity index (χ1) is 19.7. The highest BCUT2D eigenvalue weighted by molar-refractivity contribution is 6.30. The molecule has 214 valence electrons. The van der Waals surface area contributed by atoms with E-state index in [1.54, 1.807) is 30.3 Å². The van der Waals surface area contributed by atoms with Crippen molar-refractivity contribution in [3.05, 3.63) is 86.2 Å². The van der Waals surface area contributed by atoms with Crippen LogP contribution in [0.3, 0.4) is 0 Å². The second-order valence-electron chi connectivity index (χ2n) is 10.7. The minimum Gasteiger partial charge on any atom is -0.494 e. The van der Waals surface area contributed by atoms with Crippen LogP contribution in [0.4, 0.5) is 16.2 Å². The average Bonchev–Trinajstić information content (AvgIpc) is 3.19. The van der Waals surface area contributed by atoms with Gasteiger partial charge in [-0.15, -0.1) is 10.2 Å². The number of Topliss-reactive ketones (excluding diaryl/α,β-unsaturated/α-hetero) is 1. The summed E-state index contributed by atoms with van der Waals surface area (Å²) in [5.74, 6) is 3.06. The fourth-order valence-corrected chi connectivity index (χ4v) is 4.23. The molecule has 0 atom stereocenters. The Morgan fingerprint density at radius 3 is 2.24 bits per heavy atom. The summed E-state index contributed by atoms with van der Waals surface area (Å²) in [6.45, 7) is 8.12. The van der Waals surface area contributed by atoms with Crippen LogP contribution in [0.25, 0.3) is 0 Å². The SMILES string of the molecule is CC(=O)c1c(C)c(N=Nc2c(C#CC(C)(C)C)ccc3c2C(=O)N(C(=O)OCc2ccccc2)C3=O)c(=O)n(C)c1O. The molecule has 0 bridgehead atoms. The van der Waals surface area contributed by atoms with E-state index < -0.39 is 40.5 Å². The van der Waals surface area contributed by atoms with Crippen LogP contribution in [0.15, 0.2) is 57.5 Å². The summed E-state index contributed by atoms with van der Waals surface area (Å²) in [5, 5.41) is 18.6. The zero-order valence-corrected chi connectivity index (χ0v) is 23.9. The lowest BCUT2D eigenvalue weighted by atomic mass is 9.96. The van der Waals surface area contributed by atoms with Gasteiger partial charge in [0.15, 0.2) is 11.5 Å². The molecule has 0 aliphatic carbocycles. The standard InChI is InChI=1S/C31H28N4O7/c1-17-22(18(2)36)27(38)34(6)29(40)24(17)32-33-25-20(14-15-31(3,4)5)12-13-21-23(25)28(39)35(26(21)37)30(41)42-16-19-10-8-7-9-11-19/h7-13,38H,16H2,1-6H3. The minimum absolute atomic E-state index is 0.0790. The van der Waals surface area contributed by atoms with Gasteiger partial charge >= 0.3 is 6.09 Å². The highest BCUT2D eigenvalue weighted by atomic mass is 16.6. The lowest BCUT2D eigenvalue weighted by Gasteiger charge is -2.12. The Kier molecular flexibility index (Phi) is 7.93. The van der Waals surface area contributed by atoms with Crippen LogP contribution in [-0.4, -0.2) is 38.3 Å². The predicted molar refractivity (Wildman–Crippen MR) is 152 cm³/mol. The Balaban J connectivity index is 1.84. The van der Waals surface area contributed by atoms with Gasteiger partial charge in [-0.05, 0) is 57.9 Å². The van der Waals surface area contributed by atoms with Crippen molar-refractivity contribution in [2.24, 2.45) is 22.7 Å². The van der Waals surface area contributed by atoms with Crippen LogP contribution < -0.4 is 5.56 Å². The summed E-state index contributed by atoms with van der Waals surface area (Å²) in [6, 6.07) is 11.6. The Hall–Kier alpha value is -5.37. The number of fused-ring (bicyclic) bond motifs is 1. The molecule has 4 rings (SSSR count). The monoisotopic (exact) mass is 568 g/mol. The number of aromatic nitrogens is 1. The van der Waals surface area contributed by atoms with Crippen molar-refractivity contribution >= 4 is 35.1 Å². The van der Waals surface area contributed by atoms with Crippen molar-refractivity contribution in [1.82, 2.24) is 9.47 Å². The van der Waals surface area contributed by atoms with Gasteiger partial charge in [0.05, 0.1) is 22.3 Å². The molecule has 2 heterocycles. The number of benzene rings is 2. The topological polar surface area (TPSA) is 148 Å². The van der Waals surface area contributed by atoms with E-state index >= 15 is 0 Å². The summed E-state index contributed by atoms with van der Waals surface area (Å²) in [5.41, 5.74) is -1.11. The summed E-state index contributed by atoms with van der Waals surface area (Å²) < 4.78 is 6.08. The maximum atomic E-state index is 13.5. The molecule has 2 aromatic carbocycles. The molecule has 0 fully saturated rings. The molecule has 1 aromatic heterocycles. The van der Waals surface area contributed by atoms with E-state index in [1.165, 1.54) is 33.0 Å². The van der Waals surface area contributed by atoms with Gasteiger partial charge in [0.1, 0.15) is 12.3 Å². The second kappa shape index (κ2) is 11.2. The van der Waals surface area contributed by atoms with Crippen molar-refractivity contribution < 1.29 is 29.0 Å². The average molecular weight is 569 g/mol. The first kappa shape index (κ1) is 29.6. The third-order valence-electron chi connectivity index (χ3n) is 6.37.